The number of rotatable bonds is 2. The topological polar surface area (TPSA) is 0 Å². The minimum Gasteiger partial charge on any atom is -0.0990 e. The normalized spacial score (nSPS) is 30.8. The smallest absolute Gasteiger partial charge is 0.0406 e. The number of hydrogen-bond acceptors (Lipinski definition) is 0. The van der Waals surface area contributed by atoms with E-state index >= 15 is 0 Å². The van der Waals surface area contributed by atoms with Gasteiger partial charge in [0.25, 0.3) is 0 Å². The molecule has 0 bridgehead atoms. The summed E-state index contributed by atoms with van der Waals surface area (Å²) >= 11 is 5.86. The largest absolute Gasteiger partial charge is 0.0990 e. The van der Waals surface area contributed by atoms with Crippen LogP contribution in [0.3, 0.4) is 0 Å². The first-order chi connectivity index (χ1) is 9.99. The van der Waals surface area contributed by atoms with E-state index in [2.05, 4.69) is 6.58 Å². The molecule has 1 aliphatic carbocycles. The molecule has 1 heteroatoms. The Balaban J connectivity index is 2.29. The van der Waals surface area contributed by atoms with Gasteiger partial charge < -0.3 is 0 Å². The van der Waals surface area contributed by atoms with Gasteiger partial charge >= 0.3 is 0 Å². The molecule has 1 saturated carbocycles. The molecule has 1 unspecified atom stereocenters. The fourth-order valence-corrected chi connectivity index (χ4v) is 2.33. The molecule has 1 atom stereocenters. The number of allylic oxidation sites excluding steroid dienone is 1. The maximum absolute atomic E-state index is 7.76. The maximum atomic E-state index is 7.76. The van der Waals surface area contributed by atoms with Gasteiger partial charge in [-0.3, -0.25) is 0 Å². The van der Waals surface area contributed by atoms with Crippen molar-refractivity contribution in [1.29, 1.82) is 0 Å². The van der Waals surface area contributed by atoms with E-state index in [0.717, 1.165) is 5.56 Å². The van der Waals surface area contributed by atoms with E-state index in [1.807, 2.05) is 12.1 Å². The molecule has 0 amide bonds. The van der Waals surface area contributed by atoms with Crippen molar-refractivity contribution in [1.82, 2.24) is 0 Å². The quantitative estimate of drug-likeness (QED) is 0.647. The zero-order valence-corrected chi connectivity index (χ0v) is 9.85. The summed E-state index contributed by atoms with van der Waals surface area (Å²) < 4.78 is 46.5. The Hall–Kier alpha value is -0.750. The van der Waals surface area contributed by atoms with Crippen molar-refractivity contribution in [3.63, 3.8) is 0 Å². The van der Waals surface area contributed by atoms with Crippen LogP contribution in [-0.4, -0.2) is 0 Å². The molecule has 1 fully saturated rings. The second kappa shape index (κ2) is 4.25. The highest BCUT2D eigenvalue weighted by Gasteiger charge is 2.34. The molecule has 86 valence electrons. The first-order valence-corrected chi connectivity index (χ1v) is 5.80. The second-order valence-electron chi connectivity index (χ2n) is 4.50. The van der Waals surface area contributed by atoms with Crippen LogP contribution in [-0.2, 0) is 6.42 Å². The fourth-order valence-electron chi connectivity index (χ4n) is 2.20. The van der Waals surface area contributed by atoms with E-state index in [1.54, 1.807) is 12.1 Å². The summed E-state index contributed by atoms with van der Waals surface area (Å²) in [6.07, 6.45) is 1.24. The van der Waals surface area contributed by atoms with E-state index in [0.29, 0.717) is 23.4 Å². The Morgan fingerprint density at radius 2 is 2.12 bits per heavy atom. The Bertz CT molecular complexity index is 541. The van der Waals surface area contributed by atoms with Gasteiger partial charge in [0, 0.05) is 13.2 Å². The summed E-state index contributed by atoms with van der Waals surface area (Å²) in [5.41, 5.74) is -0.457. The lowest BCUT2D eigenvalue weighted by Crippen LogP contribution is -2.10. The zero-order valence-electron chi connectivity index (χ0n) is 15.1. The molecule has 0 nitrogen and oxygen atoms in total. The highest BCUT2D eigenvalue weighted by atomic mass is 35.5. The number of hydrogen-bond donors (Lipinski definition) is 0. The second-order valence-corrected chi connectivity index (χ2v) is 4.93. The van der Waals surface area contributed by atoms with Crippen LogP contribution in [0, 0.1) is 11.3 Å². The van der Waals surface area contributed by atoms with Crippen LogP contribution in [0.2, 0.25) is 5.02 Å². The van der Waals surface area contributed by atoms with E-state index in [4.69, 9.17) is 19.8 Å². The molecular weight excluding hydrogens is 216 g/mol. The average molecular weight is 241 g/mol. The minimum atomic E-state index is -2.58. The standard InChI is InChI=1S/C15H19Cl/c1-11-13(8-9-15(11,2)3)10-12-4-6-14(16)7-5-12/h4-7,13H,1,8-10H2,2-3H3/i2D3,3D3. The third-order valence-electron chi connectivity index (χ3n) is 3.30. The SMILES string of the molecule is [2H]C([2H])([2H])C1(C([2H])([2H])[2H])CCC(Cc2ccc(Cl)cc2)C1=C. The first-order valence-electron chi connectivity index (χ1n) is 8.43. The molecule has 0 aliphatic heterocycles. The van der Waals surface area contributed by atoms with Gasteiger partial charge in [0.05, 0.1) is 0 Å². The molecule has 16 heavy (non-hydrogen) atoms. The summed E-state index contributed by atoms with van der Waals surface area (Å²) in [7, 11) is 0. The molecule has 2 rings (SSSR count). The Labute approximate surface area is 112 Å². The van der Waals surface area contributed by atoms with Gasteiger partial charge in [-0.25, -0.2) is 0 Å². The molecule has 1 aromatic rings. The van der Waals surface area contributed by atoms with E-state index < -0.39 is 19.1 Å². The summed E-state index contributed by atoms with van der Waals surface area (Å²) in [6, 6.07) is 7.30. The van der Waals surface area contributed by atoms with Crippen LogP contribution in [0.5, 0.6) is 0 Å². The van der Waals surface area contributed by atoms with E-state index in [1.165, 1.54) is 0 Å². The van der Waals surface area contributed by atoms with Gasteiger partial charge in [-0.05, 0) is 48.3 Å². The Morgan fingerprint density at radius 1 is 1.44 bits per heavy atom. The Kier molecular flexibility index (Phi) is 1.66. The first kappa shape index (κ1) is 6.26. The highest BCUT2D eigenvalue weighted by Crippen LogP contribution is 2.46. The molecule has 0 spiro atoms. The summed E-state index contributed by atoms with van der Waals surface area (Å²) in [4.78, 5) is 0. The maximum Gasteiger partial charge on any atom is 0.0406 e. The van der Waals surface area contributed by atoms with Gasteiger partial charge in [-0.15, -0.1) is 0 Å². The van der Waals surface area contributed by atoms with Crippen molar-refractivity contribution in [3.8, 4) is 0 Å². The molecule has 0 aromatic heterocycles. The molecule has 0 radical (unpaired) electrons. The van der Waals surface area contributed by atoms with Crippen LogP contribution < -0.4 is 0 Å². The fraction of sp³-hybridized carbons (Fsp3) is 0.467. The zero-order chi connectivity index (χ0) is 16.8. The lowest BCUT2D eigenvalue weighted by Gasteiger charge is -2.21. The summed E-state index contributed by atoms with van der Waals surface area (Å²) in [6.45, 7) is -1.27. The van der Waals surface area contributed by atoms with Crippen LogP contribution >= 0.6 is 11.6 Å². The Morgan fingerprint density at radius 3 is 2.69 bits per heavy atom. The predicted molar refractivity (Wildman–Crippen MR) is 70.8 cm³/mol. The van der Waals surface area contributed by atoms with Crippen molar-refractivity contribution in [2.75, 3.05) is 0 Å². The van der Waals surface area contributed by atoms with Crippen molar-refractivity contribution < 1.29 is 8.22 Å². The monoisotopic (exact) mass is 240 g/mol. The molecule has 1 aliphatic rings. The lowest BCUT2D eigenvalue weighted by molar-refractivity contribution is 0.462. The molecule has 1 aromatic carbocycles. The number of halogens is 1. The van der Waals surface area contributed by atoms with Gasteiger partial charge in [0.1, 0.15) is 0 Å². The third-order valence-corrected chi connectivity index (χ3v) is 3.56. The van der Waals surface area contributed by atoms with Crippen molar-refractivity contribution >= 4 is 11.6 Å². The van der Waals surface area contributed by atoms with Crippen molar-refractivity contribution in [2.24, 2.45) is 11.3 Å². The van der Waals surface area contributed by atoms with Gasteiger partial charge in [0.2, 0.25) is 0 Å². The highest BCUT2D eigenvalue weighted by molar-refractivity contribution is 6.30. The molecular formula is C15H19Cl. The average Bonchev–Trinajstić information content (AvgIpc) is 2.70. The van der Waals surface area contributed by atoms with Gasteiger partial charge in [0.15, 0.2) is 0 Å². The van der Waals surface area contributed by atoms with Crippen LogP contribution in [0.1, 0.15) is 40.3 Å². The predicted octanol–water partition coefficient (Wildman–Crippen LogP) is 4.87. The van der Waals surface area contributed by atoms with Crippen LogP contribution in [0.15, 0.2) is 36.4 Å². The van der Waals surface area contributed by atoms with Crippen LogP contribution in [0.25, 0.3) is 0 Å². The van der Waals surface area contributed by atoms with Crippen molar-refractivity contribution in [3.05, 3.63) is 47.0 Å². The summed E-state index contributed by atoms with van der Waals surface area (Å²) in [5, 5.41) is 0.633. The minimum absolute atomic E-state index is 0.122. The van der Waals surface area contributed by atoms with E-state index in [-0.39, 0.29) is 12.3 Å². The molecule has 0 N–H and O–H groups in total. The van der Waals surface area contributed by atoms with E-state index in [9.17, 15) is 0 Å². The molecule has 0 heterocycles. The van der Waals surface area contributed by atoms with Crippen molar-refractivity contribution in [2.45, 2.75) is 33.0 Å². The lowest BCUT2D eigenvalue weighted by atomic mass is 9.84. The summed E-state index contributed by atoms with van der Waals surface area (Å²) in [5.74, 6) is -0.137. The van der Waals surface area contributed by atoms with Crippen LogP contribution in [0.4, 0.5) is 0 Å². The number of benzene rings is 1. The third kappa shape index (κ3) is 2.32. The van der Waals surface area contributed by atoms with Gasteiger partial charge in [-0.1, -0.05) is 49.6 Å². The molecule has 0 saturated heterocycles. The van der Waals surface area contributed by atoms with Gasteiger partial charge in [-0.2, -0.15) is 0 Å².